The lowest BCUT2D eigenvalue weighted by molar-refractivity contribution is 1.31. The highest BCUT2D eigenvalue weighted by Crippen LogP contribution is 2.47. The van der Waals surface area contributed by atoms with Crippen LogP contribution in [0.3, 0.4) is 0 Å². The van der Waals surface area contributed by atoms with E-state index in [1.807, 2.05) is 22.7 Å². The van der Waals surface area contributed by atoms with Gasteiger partial charge in [-0.05, 0) is 69.8 Å². The van der Waals surface area contributed by atoms with Gasteiger partial charge in [-0.3, -0.25) is 0 Å². The van der Waals surface area contributed by atoms with E-state index in [-0.39, 0.29) is 0 Å². The van der Waals surface area contributed by atoms with E-state index >= 15 is 0 Å². The minimum atomic E-state index is 1.14. The molecular weight excluding hydrogens is 607 g/mol. The fourth-order valence-corrected chi connectivity index (χ4v) is 9.69. The normalized spacial score (nSPS) is 11.8. The first-order valence-electron chi connectivity index (χ1n) is 15.9. The Labute approximate surface area is 280 Å². The summed E-state index contributed by atoms with van der Waals surface area (Å²) in [5.41, 5.74) is 5.93. The highest BCUT2D eigenvalue weighted by Gasteiger charge is 2.19. The maximum atomic E-state index is 2.45. The van der Waals surface area contributed by atoms with Gasteiger partial charge in [-0.1, -0.05) is 121 Å². The average molecular weight is 634 g/mol. The van der Waals surface area contributed by atoms with Crippen molar-refractivity contribution in [2.24, 2.45) is 0 Å². The van der Waals surface area contributed by atoms with Crippen LogP contribution in [0.4, 0.5) is 17.1 Å². The van der Waals surface area contributed by atoms with Crippen LogP contribution in [-0.4, -0.2) is 0 Å². The quantitative estimate of drug-likeness (QED) is 0.174. The van der Waals surface area contributed by atoms with Gasteiger partial charge in [-0.25, -0.2) is 0 Å². The van der Waals surface area contributed by atoms with Gasteiger partial charge in [0.05, 0.1) is 10.4 Å². The fraction of sp³-hybridized carbons (Fsp3) is 0. The molecule has 0 amide bonds. The van der Waals surface area contributed by atoms with Gasteiger partial charge in [-0.2, -0.15) is 0 Å². The van der Waals surface area contributed by atoms with Crippen LogP contribution in [0.15, 0.2) is 164 Å². The maximum Gasteiger partial charge on any atom is 0.0640 e. The summed E-state index contributed by atoms with van der Waals surface area (Å²) in [6, 6.07) is 60.1. The molecule has 2 aromatic heterocycles. The van der Waals surface area contributed by atoms with Gasteiger partial charge < -0.3 is 4.90 Å². The van der Waals surface area contributed by atoms with Gasteiger partial charge in [0.15, 0.2) is 0 Å². The molecule has 0 radical (unpaired) electrons. The van der Waals surface area contributed by atoms with Crippen LogP contribution in [0.5, 0.6) is 0 Å². The summed E-state index contributed by atoms with van der Waals surface area (Å²) in [7, 11) is 0. The second kappa shape index (κ2) is 10.5. The zero-order valence-corrected chi connectivity index (χ0v) is 27.0. The minimum absolute atomic E-state index is 1.14. The lowest BCUT2D eigenvalue weighted by Gasteiger charge is -2.27. The molecule has 1 nitrogen and oxygen atoms in total. The molecule has 0 aliphatic heterocycles. The molecule has 2 heterocycles. The number of hydrogen-bond donors (Lipinski definition) is 0. The van der Waals surface area contributed by atoms with Crippen molar-refractivity contribution in [1.82, 2.24) is 0 Å². The third-order valence-corrected chi connectivity index (χ3v) is 11.9. The number of rotatable bonds is 4. The van der Waals surface area contributed by atoms with Crippen LogP contribution in [0, 0.1) is 0 Å². The Morgan fingerprint density at radius 2 is 0.936 bits per heavy atom. The van der Waals surface area contributed by atoms with Crippen molar-refractivity contribution < 1.29 is 0 Å². The molecule has 0 spiro atoms. The molecule has 0 saturated heterocycles. The predicted molar refractivity (Wildman–Crippen MR) is 207 cm³/mol. The van der Waals surface area contributed by atoms with E-state index in [4.69, 9.17) is 0 Å². The summed E-state index contributed by atoms with van der Waals surface area (Å²) in [5.74, 6) is 0. The second-order valence-corrected chi connectivity index (χ2v) is 14.2. The van der Waals surface area contributed by atoms with E-state index in [9.17, 15) is 0 Å². The molecule has 0 aliphatic carbocycles. The Morgan fingerprint density at radius 1 is 0.362 bits per heavy atom. The van der Waals surface area contributed by atoms with Crippen LogP contribution >= 0.6 is 22.7 Å². The molecule has 0 unspecified atom stereocenters. The van der Waals surface area contributed by atoms with E-state index in [1.165, 1.54) is 78.7 Å². The maximum absolute atomic E-state index is 2.45. The Bertz CT molecular complexity index is 2790. The lowest BCUT2D eigenvalue weighted by Crippen LogP contribution is -2.10. The number of fused-ring (bicyclic) bond motifs is 10. The van der Waals surface area contributed by atoms with E-state index in [0.29, 0.717) is 0 Å². The zero-order valence-electron chi connectivity index (χ0n) is 25.4. The Kier molecular flexibility index (Phi) is 5.98. The second-order valence-electron chi connectivity index (χ2n) is 12.1. The molecule has 0 N–H and O–H groups in total. The van der Waals surface area contributed by atoms with Crippen molar-refractivity contribution in [3.8, 4) is 11.1 Å². The predicted octanol–water partition coefficient (Wildman–Crippen LogP) is 13.9. The molecule has 3 heteroatoms. The number of thiophene rings is 2. The van der Waals surface area contributed by atoms with Crippen molar-refractivity contribution in [2.75, 3.05) is 4.90 Å². The van der Waals surface area contributed by atoms with Gasteiger partial charge in [0.2, 0.25) is 0 Å². The van der Waals surface area contributed by atoms with Crippen LogP contribution in [-0.2, 0) is 0 Å². The van der Waals surface area contributed by atoms with Crippen LogP contribution in [0.2, 0.25) is 0 Å². The summed E-state index contributed by atoms with van der Waals surface area (Å²) in [4.78, 5) is 2.45. The molecule has 0 aliphatic rings. The summed E-state index contributed by atoms with van der Waals surface area (Å²) < 4.78 is 5.30. The van der Waals surface area contributed by atoms with Gasteiger partial charge >= 0.3 is 0 Å². The number of hydrogen-bond acceptors (Lipinski definition) is 3. The summed E-state index contributed by atoms with van der Waals surface area (Å²) in [5, 5.41) is 10.4. The topological polar surface area (TPSA) is 3.24 Å². The van der Waals surface area contributed by atoms with Gasteiger partial charge in [0.25, 0.3) is 0 Å². The fourth-order valence-electron chi connectivity index (χ4n) is 7.21. The van der Waals surface area contributed by atoms with Crippen molar-refractivity contribution in [3.05, 3.63) is 164 Å². The SMILES string of the molecule is c1ccc(-c2ccc(N(c3ccc4ccc5ccc6c7ccccc7sc6c5c4c3)c3cccc4c3sc3ccccc34)cc2)cc1. The monoisotopic (exact) mass is 633 g/mol. The minimum Gasteiger partial charge on any atom is -0.309 e. The first-order valence-corrected chi connectivity index (χ1v) is 17.6. The highest BCUT2D eigenvalue weighted by atomic mass is 32.1. The van der Waals surface area contributed by atoms with Crippen LogP contribution in [0.25, 0.3) is 73.0 Å². The molecule has 220 valence electrons. The molecular formula is C44H27NS2. The third-order valence-electron chi connectivity index (χ3n) is 9.44. The highest BCUT2D eigenvalue weighted by molar-refractivity contribution is 7.27. The molecule has 0 fully saturated rings. The van der Waals surface area contributed by atoms with E-state index < -0.39 is 0 Å². The smallest absolute Gasteiger partial charge is 0.0640 e. The van der Waals surface area contributed by atoms with Gasteiger partial charge in [0, 0.05) is 52.4 Å². The summed E-state index contributed by atoms with van der Waals surface area (Å²) in [6.07, 6.45) is 0. The Balaban J connectivity index is 1.25. The third kappa shape index (κ3) is 4.21. The Hall–Kier alpha value is -5.48. The van der Waals surface area contributed by atoms with E-state index in [0.717, 1.165) is 11.4 Å². The standard InChI is InChI=1S/C44H27NS2/c1-2-9-28(10-3-1)29-19-23-32(24-20-29)45(39-14-8-13-36-34-11-4-6-15-40(34)46-43(36)39)33-25-21-30-17-18-31-22-26-37-35-12-5-7-16-41(35)47-44(37)42(31)38(30)27-33/h1-27H. The number of nitrogens with zero attached hydrogens (tertiary/aromatic N) is 1. The number of benzene rings is 8. The van der Waals surface area contributed by atoms with Crippen molar-refractivity contribution in [1.29, 1.82) is 0 Å². The van der Waals surface area contributed by atoms with Crippen LogP contribution in [0.1, 0.15) is 0 Å². The lowest BCUT2D eigenvalue weighted by atomic mass is 9.98. The molecule has 10 rings (SSSR count). The number of anilines is 3. The Morgan fingerprint density at radius 3 is 1.72 bits per heavy atom. The first kappa shape index (κ1) is 26.7. The van der Waals surface area contributed by atoms with E-state index in [1.54, 1.807) is 0 Å². The van der Waals surface area contributed by atoms with Crippen molar-refractivity contribution >= 4 is 102 Å². The summed E-state index contributed by atoms with van der Waals surface area (Å²) >= 11 is 3.78. The van der Waals surface area contributed by atoms with Gasteiger partial charge in [0.1, 0.15) is 0 Å². The molecule has 0 saturated carbocycles. The summed E-state index contributed by atoms with van der Waals surface area (Å²) in [6.45, 7) is 0. The first-order chi connectivity index (χ1) is 23.3. The largest absolute Gasteiger partial charge is 0.309 e. The van der Waals surface area contributed by atoms with Gasteiger partial charge in [-0.15, -0.1) is 22.7 Å². The van der Waals surface area contributed by atoms with E-state index in [2.05, 4.69) is 169 Å². The van der Waals surface area contributed by atoms with Crippen molar-refractivity contribution in [3.63, 3.8) is 0 Å². The molecule has 47 heavy (non-hydrogen) atoms. The molecule has 0 atom stereocenters. The molecule has 10 aromatic rings. The molecule has 0 bridgehead atoms. The van der Waals surface area contributed by atoms with Crippen molar-refractivity contribution in [2.45, 2.75) is 0 Å². The zero-order chi connectivity index (χ0) is 30.9. The molecule has 8 aromatic carbocycles. The average Bonchev–Trinajstić information content (AvgIpc) is 3.71. The van der Waals surface area contributed by atoms with Crippen LogP contribution < -0.4 is 4.90 Å².